The van der Waals surface area contributed by atoms with Gasteiger partial charge in [-0.15, -0.1) is 0 Å². The van der Waals surface area contributed by atoms with Gasteiger partial charge in [-0.05, 0) is 72.7 Å². The lowest BCUT2D eigenvalue weighted by Gasteiger charge is -2.52. The Kier molecular flexibility index (Phi) is 8.61. The molecule has 1 aliphatic heterocycles. The largest absolute Gasteiger partial charge is 0.481 e. The lowest BCUT2D eigenvalue weighted by Crippen LogP contribution is -2.59. The molecule has 4 atom stereocenters. The number of carboxylic acids is 1. The van der Waals surface area contributed by atoms with Crippen molar-refractivity contribution in [3.63, 3.8) is 0 Å². The number of carbonyl (C=O) groups is 2. The summed E-state index contributed by atoms with van der Waals surface area (Å²) in [6.45, 7) is 1.76. The Bertz CT molecular complexity index is 1560. The number of benzene rings is 3. The van der Waals surface area contributed by atoms with Crippen LogP contribution in [0.2, 0.25) is 10.0 Å². The minimum Gasteiger partial charge on any atom is -0.481 e. The average Bonchev–Trinajstić information content (AvgIpc) is 3.76. The van der Waals surface area contributed by atoms with Gasteiger partial charge in [-0.2, -0.15) is 0 Å². The second kappa shape index (κ2) is 11.9. The molecule has 2 aliphatic rings. The first-order valence-corrected chi connectivity index (χ1v) is 16.6. The number of likely N-dealkylation sites (tertiary alicyclic amines) is 1. The van der Waals surface area contributed by atoms with Crippen molar-refractivity contribution >= 4 is 50.8 Å². The fourth-order valence-corrected chi connectivity index (χ4v) is 7.64. The summed E-state index contributed by atoms with van der Waals surface area (Å²) in [4.78, 5) is 28.6. The zero-order chi connectivity index (χ0) is 30.2. The fourth-order valence-electron chi connectivity index (χ4n) is 6.39. The van der Waals surface area contributed by atoms with Crippen LogP contribution >= 0.6 is 23.2 Å². The maximum atomic E-state index is 14.7. The number of rotatable bonds is 10. The van der Waals surface area contributed by atoms with E-state index in [0.29, 0.717) is 15.7 Å². The molecule has 1 saturated heterocycles. The monoisotopic (exact) mass is 628 g/mol. The van der Waals surface area contributed by atoms with Gasteiger partial charge in [0.2, 0.25) is 15.9 Å². The van der Waals surface area contributed by atoms with Crippen molar-refractivity contribution in [2.24, 2.45) is 11.3 Å². The summed E-state index contributed by atoms with van der Waals surface area (Å²) in [6.07, 6.45) is 2.78. The molecule has 1 heterocycles. The highest BCUT2D eigenvalue weighted by Gasteiger charge is 2.55. The molecule has 1 amide bonds. The Morgan fingerprint density at radius 1 is 1.00 bits per heavy atom. The summed E-state index contributed by atoms with van der Waals surface area (Å²) >= 11 is 12.7. The molecule has 42 heavy (non-hydrogen) atoms. The van der Waals surface area contributed by atoms with Crippen LogP contribution in [0.25, 0.3) is 0 Å². The van der Waals surface area contributed by atoms with Gasteiger partial charge in [-0.3, -0.25) is 13.9 Å². The average molecular weight is 630 g/mol. The molecule has 10 heteroatoms. The number of amides is 1. The van der Waals surface area contributed by atoms with Crippen LogP contribution in [-0.4, -0.2) is 49.1 Å². The SMILES string of the molecule is C[C@]1(CC(=O)O)C[C@H](c2cccc(Cl)c2)[C@@H](c2ccc(Cl)cc2)N([C@H](CN(c2ccccc2)S(C)(=O)=O)C2CC2)C1=O. The predicted molar refractivity (Wildman–Crippen MR) is 165 cm³/mol. The molecule has 7 nitrogen and oxygen atoms in total. The molecule has 1 N–H and O–H groups in total. The Hall–Kier alpha value is -3.07. The molecule has 3 aromatic rings. The molecule has 0 radical (unpaired) electrons. The maximum absolute atomic E-state index is 14.7. The van der Waals surface area contributed by atoms with Gasteiger partial charge in [0.1, 0.15) is 0 Å². The zero-order valence-electron chi connectivity index (χ0n) is 23.5. The van der Waals surface area contributed by atoms with Crippen LogP contribution in [0.3, 0.4) is 0 Å². The van der Waals surface area contributed by atoms with E-state index in [1.807, 2.05) is 36.4 Å². The molecule has 0 bridgehead atoms. The summed E-state index contributed by atoms with van der Waals surface area (Å²) < 4.78 is 27.7. The lowest BCUT2D eigenvalue weighted by molar-refractivity contribution is -0.160. The van der Waals surface area contributed by atoms with Gasteiger partial charge in [0.25, 0.3) is 0 Å². The van der Waals surface area contributed by atoms with Gasteiger partial charge < -0.3 is 10.0 Å². The Morgan fingerprint density at radius 2 is 1.67 bits per heavy atom. The molecule has 1 aliphatic carbocycles. The number of nitrogens with zero attached hydrogens (tertiary/aromatic N) is 2. The van der Waals surface area contributed by atoms with Gasteiger partial charge in [0, 0.05) is 16.0 Å². The van der Waals surface area contributed by atoms with E-state index in [1.54, 1.807) is 54.3 Å². The van der Waals surface area contributed by atoms with E-state index >= 15 is 0 Å². The van der Waals surface area contributed by atoms with Crippen LogP contribution in [0.4, 0.5) is 5.69 Å². The number of sulfonamides is 1. The lowest BCUT2D eigenvalue weighted by atomic mass is 9.67. The van der Waals surface area contributed by atoms with Crippen LogP contribution in [-0.2, 0) is 19.6 Å². The van der Waals surface area contributed by atoms with E-state index in [9.17, 15) is 23.1 Å². The minimum absolute atomic E-state index is 0.0504. The third kappa shape index (κ3) is 6.46. The van der Waals surface area contributed by atoms with E-state index < -0.39 is 33.5 Å². The van der Waals surface area contributed by atoms with Gasteiger partial charge in [0.05, 0.1) is 42.4 Å². The highest BCUT2D eigenvalue weighted by Crippen LogP contribution is 2.54. The predicted octanol–water partition coefficient (Wildman–Crippen LogP) is 6.78. The van der Waals surface area contributed by atoms with E-state index in [4.69, 9.17) is 23.2 Å². The Balaban J connectivity index is 1.70. The van der Waals surface area contributed by atoms with Crippen molar-refractivity contribution < 1.29 is 23.1 Å². The fraction of sp³-hybridized carbons (Fsp3) is 0.375. The number of hydrogen-bond acceptors (Lipinski definition) is 4. The van der Waals surface area contributed by atoms with Crippen LogP contribution in [0, 0.1) is 11.3 Å². The van der Waals surface area contributed by atoms with Crippen molar-refractivity contribution in [2.75, 3.05) is 17.1 Å². The molecule has 3 aromatic carbocycles. The van der Waals surface area contributed by atoms with Crippen LogP contribution in [0.1, 0.15) is 55.7 Å². The summed E-state index contributed by atoms with van der Waals surface area (Å²) in [5, 5.41) is 11.0. The number of hydrogen-bond donors (Lipinski definition) is 1. The van der Waals surface area contributed by atoms with E-state index in [0.717, 1.165) is 24.0 Å². The highest BCUT2D eigenvalue weighted by molar-refractivity contribution is 7.92. The summed E-state index contributed by atoms with van der Waals surface area (Å²) in [7, 11) is -3.72. The second-order valence-corrected chi connectivity index (χ2v) is 14.5. The number of para-hydroxylation sites is 1. The molecule has 2 fully saturated rings. The first-order valence-electron chi connectivity index (χ1n) is 14.0. The molecule has 222 valence electrons. The number of carboxylic acid groups (broad SMARTS) is 1. The molecular weight excluding hydrogens is 595 g/mol. The molecule has 1 saturated carbocycles. The van der Waals surface area contributed by atoms with Crippen molar-refractivity contribution in [3.8, 4) is 0 Å². The zero-order valence-corrected chi connectivity index (χ0v) is 25.8. The quantitative estimate of drug-likeness (QED) is 0.267. The van der Waals surface area contributed by atoms with Crippen LogP contribution in [0.15, 0.2) is 78.9 Å². The topological polar surface area (TPSA) is 95.0 Å². The number of aliphatic carboxylic acids is 1. The third-order valence-electron chi connectivity index (χ3n) is 8.45. The molecule has 0 spiro atoms. The normalized spacial score (nSPS) is 23.4. The molecule has 0 aromatic heterocycles. The minimum atomic E-state index is -3.72. The number of anilines is 1. The first kappa shape index (κ1) is 30.4. The smallest absolute Gasteiger partial charge is 0.304 e. The third-order valence-corrected chi connectivity index (χ3v) is 10.1. The van der Waals surface area contributed by atoms with Crippen molar-refractivity contribution in [3.05, 3.63) is 100 Å². The maximum Gasteiger partial charge on any atom is 0.304 e. The van der Waals surface area contributed by atoms with Gasteiger partial charge in [-0.1, -0.05) is 72.6 Å². The first-order chi connectivity index (χ1) is 19.9. The molecule has 0 unspecified atom stereocenters. The van der Waals surface area contributed by atoms with E-state index in [2.05, 4.69) is 0 Å². The van der Waals surface area contributed by atoms with Gasteiger partial charge in [0.15, 0.2) is 0 Å². The Morgan fingerprint density at radius 3 is 2.24 bits per heavy atom. The van der Waals surface area contributed by atoms with Crippen LogP contribution < -0.4 is 4.31 Å². The number of halogens is 2. The summed E-state index contributed by atoms with van der Waals surface area (Å²) in [6, 6.07) is 22.6. The van der Waals surface area contributed by atoms with E-state index in [1.165, 1.54) is 10.6 Å². The van der Waals surface area contributed by atoms with Gasteiger partial charge >= 0.3 is 5.97 Å². The van der Waals surface area contributed by atoms with E-state index in [-0.39, 0.29) is 37.1 Å². The van der Waals surface area contributed by atoms with Crippen LogP contribution in [0.5, 0.6) is 0 Å². The van der Waals surface area contributed by atoms with Crippen molar-refractivity contribution in [1.29, 1.82) is 0 Å². The number of piperidine rings is 1. The summed E-state index contributed by atoms with van der Waals surface area (Å²) in [5.74, 6) is -1.60. The second-order valence-electron chi connectivity index (χ2n) is 11.7. The Labute approximate surface area is 257 Å². The molecular formula is C32H34Cl2N2O5S. The highest BCUT2D eigenvalue weighted by atomic mass is 35.5. The summed E-state index contributed by atoms with van der Waals surface area (Å²) in [5.41, 5.74) is 1.01. The van der Waals surface area contributed by atoms with Gasteiger partial charge in [-0.25, -0.2) is 8.42 Å². The number of carbonyl (C=O) groups excluding carboxylic acids is 1. The van der Waals surface area contributed by atoms with Crippen molar-refractivity contribution in [2.45, 2.75) is 50.6 Å². The molecule has 5 rings (SSSR count). The standard InChI is InChI=1S/C32H34Cl2N2O5S/c1-32(19-29(37)38)18-27(23-7-6-8-25(34)17-23)30(22-13-15-24(33)16-14-22)36(31(32)39)28(21-11-12-21)20-35(42(2,40)41)26-9-4-3-5-10-26/h3-10,13-17,21,27-28,30H,11-12,18-20H2,1-2H3,(H,37,38)/t27-,28-,30-,32-/m1/s1. The van der Waals surface area contributed by atoms with Crippen molar-refractivity contribution in [1.82, 2.24) is 4.90 Å².